The quantitative estimate of drug-likeness (QED) is 0.891. The van der Waals surface area contributed by atoms with Crippen LogP contribution in [-0.2, 0) is 9.59 Å². The van der Waals surface area contributed by atoms with Crippen molar-refractivity contribution in [1.29, 1.82) is 0 Å². The summed E-state index contributed by atoms with van der Waals surface area (Å²) in [6.07, 6.45) is 2.43. The van der Waals surface area contributed by atoms with E-state index in [1.165, 1.54) is 4.90 Å². The lowest BCUT2D eigenvalue weighted by Gasteiger charge is -2.21. The highest BCUT2D eigenvalue weighted by Gasteiger charge is 2.30. The number of carbonyl (C=O) groups excluding carboxylic acids is 2. The summed E-state index contributed by atoms with van der Waals surface area (Å²) in [5, 5.41) is 2.88. The van der Waals surface area contributed by atoms with E-state index in [0.29, 0.717) is 0 Å². The van der Waals surface area contributed by atoms with Gasteiger partial charge < -0.3 is 16.0 Å². The number of benzene rings is 1. The minimum Gasteiger partial charge on any atom is -0.336 e. The average molecular weight is 303 g/mol. The number of aryl methyl sites for hydroxylation is 1. The van der Waals surface area contributed by atoms with E-state index in [-0.39, 0.29) is 30.3 Å². The number of likely N-dealkylation sites (N-methyl/N-ethyl adjacent to an activating group) is 1. The number of amides is 2. The second kappa shape index (κ2) is 6.92. The topological polar surface area (TPSA) is 75.4 Å². The van der Waals surface area contributed by atoms with Crippen LogP contribution >= 0.6 is 0 Å². The highest BCUT2D eigenvalue weighted by Crippen LogP contribution is 2.25. The van der Waals surface area contributed by atoms with Crippen molar-refractivity contribution in [2.45, 2.75) is 39.2 Å². The predicted molar refractivity (Wildman–Crippen MR) is 87.5 cm³/mol. The molecule has 2 atom stereocenters. The van der Waals surface area contributed by atoms with Gasteiger partial charge in [0.15, 0.2) is 0 Å². The molecule has 1 aromatic rings. The number of hydrogen-bond donors (Lipinski definition) is 2. The minimum atomic E-state index is -0.174. The van der Waals surface area contributed by atoms with Crippen LogP contribution in [0.2, 0.25) is 0 Å². The Morgan fingerprint density at radius 2 is 2.05 bits per heavy atom. The van der Waals surface area contributed by atoms with Gasteiger partial charge in [0.05, 0.1) is 6.54 Å². The van der Waals surface area contributed by atoms with E-state index in [1.807, 2.05) is 32.0 Å². The van der Waals surface area contributed by atoms with Gasteiger partial charge in [-0.1, -0.05) is 12.1 Å². The Balaban J connectivity index is 1.91. The first-order valence-corrected chi connectivity index (χ1v) is 7.75. The van der Waals surface area contributed by atoms with Crippen molar-refractivity contribution >= 4 is 17.5 Å². The van der Waals surface area contributed by atoms with Gasteiger partial charge in [0, 0.05) is 24.7 Å². The minimum absolute atomic E-state index is 0.0177. The summed E-state index contributed by atoms with van der Waals surface area (Å²) in [5.41, 5.74) is 8.82. The Morgan fingerprint density at radius 3 is 2.68 bits per heavy atom. The molecule has 2 unspecified atom stereocenters. The van der Waals surface area contributed by atoms with E-state index < -0.39 is 0 Å². The molecule has 1 aromatic carbocycles. The third-order valence-electron chi connectivity index (χ3n) is 4.46. The maximum absolute atomic E-state index is 12.3. The number of anilines is 1. The Kier molecular flexibility index (Phi) is 5.19. The fourth-order valence-corrected chi connectivity index (χ4v) is 2.92. The molecule has 0 aliphatic heterocycles. The van der Waals surface area contributed by atoms with Crippen molar-refractivity contribution in [3.8, 4) is 0 Å². The van der Waals surface area contributed by atoms with E-state index in [1.54, 1.807) is 7.05 Å². The largest absolute Gasteiger partial charge is 0.336 e. The molecule has 1 fully saturated rings. The standard InChI is InChI=1S/C17H25N3O2/c1-11-5-4-6-15(12(11)2)19-16(21)10-20(3)17(22)13-7-8-14(18)9-13/h4-6,13-14H,7-10,18H2,1-3H3,(H,19,21). The van der Waals surface area contributed by atoms with Crippen LogP contribution in [0.1, 0.15) is 30.4 Å². The summed E-state index contributed by atoms with van der Waals surface area (Å²) < 4.78 is 0. The maximum Gasteiger partial charge on any atom is 0.243 e. The van der Waals surface area contributed by atoms with Crippen molar-refractivity contribution in [2.24, 2.45) is 11.7 Å². The van der Waals surface area contributed by atoms with Gasteiger partial charge in [-0.3, -0.25) is 9.59 Å². The number of nitrogens with one attached hydrogen (secondary N) is 1. The van der Waals surface area contributed by atoms with Gasteiger partial charge >= 0.3 is 0 Å². The van der Waals surface area contributed by atoms with Gasteiger partial charge in [-0.15, -0.1) is 0 Å². The second-order valence-corrected chi connectivity index (χ2v) is 6.26. The molecule has 1 aliphatic carbocycles. The molecule has 3 N–H and O–H groups in total. The van der Waals surface area contributed by atoms with Crippen molar-refractivity contribution in [2.75, 3.05) is 18.9 Å². The highest BCUT2D eigenvalue weighted by atomic mass is 16.2. The Labute approximate surface area is 131 Å². The van der Waals surface area contributed by atoms with Crippen LogP contribution in [-0.4, -0.2) is 36.3 Å². The van der Waals surface area contributed by atoms with Crippen molar-refractivity contribution in [1.82, 2.24) is 4.90 Å². The third-order valence-corrected chi connectivity index (χ3v) is 4.46. The van der Waals surface area contributed by atoms with Gasteiger partial charge in [0.25, 0.3) is 0 Å². The SMILES string of the molecule is Cc1cccc(NC(=O)CN(C)C(=O)C2CCC(N)C2)c1C. The zero-order valence-electron chi connectivity index (χ0n) is 13.6. The van der Waals surface area contributed by atoms with Crippen molar-refractivity contribution in [3.63, 3.8) is 0 Å². The monoisotopic (exact) mass is 303 g/mol. The van der Waals surface area contributed by atoms with Gasteiger partial charge in [-0.2, -0.15) is 0 Å². The number of rotatable bonds is 4. The predicted octanol–water partition coefficient (Wildman–Crippen LogP) is 1.83. The first-order valence-electron chi connectivity index (χ1n) is 7.75. The van der Waals surface area contributed by atoms with E-state index in [2.05, 4.69) is 5.32 Å². The molecule has 1 aliphatic rings. The molecule has 5 nitrogen and oxygen atoms in total. The molecule has 120 valence electrons. The maximum atomic E-state index is 12.3. The molecule has 0 saturated heterocycles. The smallest absolute Gasteiger partial charge is 0.243 e. The molecule has 0 bridgehead atoms. The summed E-state index contributed by atoms with van der Waals surface area (Å²) in [6.45, 7) is 4.04. The molecule has 22 heavy (non-hydrogen) atoms. The molecule has 5 heteroatoms. The zero-order chi connectivity index (χ0) is 16.3. The summed E-state index contributed by atoms with van der Waals surface area (Å²) in [7, 11) is 1.68. The number of hydrogen-bond acceptors (Lipinski definition) is 3. The Hall–Kier alpha value is -1.88. The second-order valence-electron chi connectivity index (χ2n) is 6.26. The van der Waals surface area contributed by atoms with Crippen LogP contribution in [0.15, 0.2) is 18.2 Å². The number of nitrogens with zero attached hydrogens (tertiary/aromatic N) is 1. The lowest BCUT2D eigenvalue weighted by molar-refractivity contribution is -0.136. The van der Waals surface area contributed by atoms with Gasteiger partial charge in [-0.05, 0) is 50.3 Å². The molecular formula is C17H25N3O2. The normalized spacial score (nSPS) is 20.7. The van der Waals surface area contributed by atoms with Gasteiger partial charge in [0.2, 0.25) is 11.8 Å². The fourth-order valence-electron chi connectivity index (χ4n) is 2.92. The van der Waals surface area contributed by atoms with Crippen LogP contribution < -0.4 is 11.1 Å². The molecule has 0 aromatic heterocycles. The first kappa shape index (κ1) is 16.5. The molecule has 1 saturated carbocycles. The lowest BCUT2D eigenvalue weighted by atomic mass is 10.1. The van der Waals surface area contributed by atoms with E-state index in [0.717, 1.165) is 36.1 Å². The fraction of sp³-hybridized carbons (Fsp3) is 0.529. The molecule has 0 heterocycles. The van der Waals surface area contributed by atoms with Gasteiger partial charge in [0.1, 0.15) is 0 Å². The van der Waals surface area contributed by atoms with Crippen molar-refractivity contribution < 1.29 is 9.59 Å². The van der Waals surface area contributed by atoms with Crippen LogP contribution in [0.5, 0.6) is 0 Å². The summed E-state index contributed by atoms with van der Waals surface area (Å²) in [6, 6.07) is 5.90. The zero-order valence-corrected chi connectivity index (χ0v) is 13.6. The van der Waals surface area contributed by atoms with Gasteiger partial charge in [-0.25, -0.2) is 0 Å². The van der Waals surface area contributed by atoms with E-state index in [9.17, 15) is 9.59 Å². The Bertz CT molecular complexity index is 571. The van der Waals surface area contributed by atoms with Crippen LogP contribution in [0.4, 0.5) is 5.69 Å². The Morgan fingerprint density at radius 1 is 1.32 bits per heavy atom. The summed E-state index contributed by atoms with van der Waals surface area (Å²) in [4.78, 5) is 25.9. The van der Waals surface area contributed by atoms with Crippen LogP contribution in [0.3, 0.4) is 0 Å². The molecule has 0 radical (unpaired) electrons. The van der Waals surface area contributed by atoms with Crippen LogP contribution in [0, 0.1) is 19.8 Å². The highest BCUT2D eigenvalue weighted by molar-refractivity contribution is 5.95. The summed E-state index contributed by atoms with van der Waals surface area (Å²) >= 11 is 0. The molecule has 0 spiro atoms. The van der Waals surface area contributed by atoms with E-state index >= 15 is 0 Å². The summed E-state index contributed by atoms with van der Waals surface area (Å²) in [5.74, 6) is -0.190. The van der Waals surface area contributed by atoms with Crippen LogP contribution in [0.25, 0.3) is 0 Å². The first-order chi connectivity index (χ1) is 10.4. The lowest BCUT2D eigenvalue weighted by Crippen LogP contribution is -2.38. The van der Waals surface area contributed by atoms with E-state index in [4.69, 9.17) is 5.73 Å². The van der Waals surface area contributed by atoms with Crippen molar-refractivity contribution in [3.05, 3.63) is 29.3 Å². The molecule has 2 rings (SSSR count). The number of nitrogens with two attached hydrogens (primary N) is 1. The number of carbonyl (C=O) groups is 2. The third kappa shape index (κ3) is 3.85. The molecular weight excluding hydrogens is 278 g/mol. The molecule has 2 amide bonds. The average Bonchev–Trinajstić information content (AvgIpc) is 2.89.